The van der Waals surface area contributed by atoms with Crippen molar-refractivity contribution in [3.05, 3.63) is 18.0 Å². The number of hydrogen-bond acceptors (Lipinski definition) is 4. The molecule has 0 aliphatic carbocycles. The van der Waals surface area contributed by atoms with Crippen molar-refractivity contribution < 1.29 is 4.79 Å². The van der Waals surface area contributed by atoms with Crippen LogP contribution in [-0.4, -0.2) is 46.3 Å². The van der Waals surface area contributed by atoms with E-state index < -0.39 is 5.54 Å². The van der Waals surface area contributed by atoms with Gasteiger partial charge in [0.15, 0.2) is 0 Å². The Balaban J connectivity index is 2.10. The van der Waals surface area contributed by atoms with E-state index in [1.165, 1.54) is 4.68 Å². The summed E-state index contributed by atoms with van der Waals surface area (Å²) in [7, 11) is 3.73. The minimum Gasteiger partial charge on any atom is -0.332 e. The number of nitriles is 1. The van der Waals surface area contributed by atoms with Crippen LogP contribution in [0.4, 0.5) is 0 Å². The van der Waals surface area contributed by atoms with Crippen molar-refractivity contribution in [2.24, 2.45) is 7.05 Å². The van der Waals surface area contributed by atoms with Crippen molar-refractivity contribution in [1.29, 1.82) is 5.26 Å². The molecular formula is C12H17N5O. The molecule has 0 unspecified atom stereocenters. The third-order valence-corrected chi connectivity index (χ3v) is 3.46. The Kier molecular flexibility index (Phi) is 3.34. The SMILES string of the molecule is CN1CCC(C#N)(NC(=O)c2ccnn2C)CC1. The van der Waals surface area contributed by atoms with Gasteiger partial charge < -0.3 is 10.2 Å². The minimum absolute atomic E-state index is 0.235. The molecule has 1 fully saturated rings. The van der Waals surface area contributed by atoms with Gasteiger partial charge in [-0.1, -0.05) is 0 Å². The van der Waals surface area contributed by atoms with E-state index in [0.29, 0.717) is 18.5 Å². The maximum atomic E-state index is 12.1. The van der Waals surface area contributed by atoms with Gasteiger partial charge in [-0.25, -0.2) is 0 Å². The lowest BCUT2D eigenvalue weighted by atomic mass is 9.89. The van der Waals surface area contributed by atoms with Gasteiger partial charge in [-0.3, -0.25) is 9.48 Å². The molecule has 18 heavy (non-hydrogen) atoms. The Morgan fingerprint density at radius 2 is 2.17 bits per heavy atom. The van der Waals surface area contributed by atoms with Crippen LogP contribution in [0.3, 0.4) is 0 Å². The molecule has 1 aliphatic heterocycles. The lowest BCUT2D eigenvalue weighted by Gasteiger charge is -2.35. The summed E-state index contributed by atoms with van der Waals surface area (Å²) >= 11 is 0. The van der Waals surface area contributed by atoms with Gasteiger partial charge in [0.1, 0.15) is 11.2 Å². The molecule has 0 aromatic carbocycles. The van der Waals surface area contributed by atoms with Crippen molar-refractivity contribution in [1.82, 2.24) is 20.0 Å². The largest absolute Gasteiger partial charge is 0.332 e. The first-order chi connectivity index (χ1) is 8.56. The molecule has 96 valence electrons. The average Bonchev–Trinajstić information content (AvgIpc) is 2.79. The fourth-order valence-corrected chi connectivity index (χ4v) is 2.14. The highest BCUT2D eigenvalue weighted by atomic mass is 16.2. The molecule has 2 heterocycles. The zero-order chi connectivity index (χ0) is 13.2. The number of aryl methyl sites for hydroxylation is 1. The summed E-state index contributed by atoms with van der Waals surface area (Å²) in [5, 5.41) is 16.2. The highest BCUT2D eigenvalue weighted by Gasteiger charge is 2.35. The molecule has 1 amide bonds. The van der Waals surface area contributed by atoms with E-state index in [9.17, 15) is 10.1 Å². The fourth-order valence-electron chi connectivity index (χ4n) is 2.14. The van der Waals surface area contributed by atoms with Crippen LogP contribution in [0.5, 0.6) is 0 Å². The predicted octanol–water partition coefficient (Wildman–Crippen LogP) is 0.138. The second kappa shape index (κ2) is 4.78. The van der Waals surface area contributed by atoms with Crippen molar-refractivity contribution in [3.8, 4) is 6.07 Å². The highest BCUT2D eigenvalue weighted by Crippen LogP contribution is 2.21. The molecule has 0 spiro atoms. The highest BCUT2D eigenvalue weighted by molar-refractivity contribution is 5.93. The van der Waals surface area contributed by atoms with Gasteiger partial charge in [0.05, 0.1) is 6.07 Å². The zero-order valence-corrected chi connectivity index (χ0v) is 10.7. The van der Waals surface area contributed by atoms with Gasteiger partial charge in [0, 0.05) is 26.3 Å². The predicted molar refractivity (Wildman–Crippen MR) is 65.7 cm³/mol. The van der Waals surface area contributed by atoms with Gasteiger partial charge in [-0.2, -0.15) is 10.4 Å². The molecule has 6 heteroatoms. The monoisotopic (exact) mass is 247 g/mol. The summed E-state index contributed by atoms with van der Waals surface area (Å²) < 4.78 is 1.51. The molecule has 0 bridgehead atoms. The van der Waals surface area contributed by atoms with Crippen LogP contribution in [0.15, 0.2) is 12.3 Å². The Labute approximate surface area is 106 Å². The molecule has 1 aromatic rings. The maximum Gasteiger partial charge on any atom is 0.270 e. The average molecular weight is 247 g/mol. The van der Waals surface area contributed by atoms with E-state index >= 15 is 0 Å². The lowest BCUT2D eigenvalue weighted by molar-refractivity contribution is 0.0872. The van der Waals surface area contributed by atoms with Crippen molar-refractivity contribution in [2.75, 3.05) is 20.1 Å². The van der Waals surface area contributed by atoms with E-state index in [-0.39, 0.29) is 5.91 Å². The van der Waals surface area contributed by atoms with Crippen LogP contribution < -0.4 is 5.32 Å². The van der Waals surface area contributed by atoms with Crippen molar-refractivity contribution in [3.63, 3.8) is 0 Å². The van der Waals surface area contributed by atoms with Crippen LogP contribution in [-0.2, 0) is 7.05 Å². The van der Waals surface area contributed by atoms with E-state index in [1.54, 1.807) is 19.3 Å². The van der Waals surface area contributed by atoms with E-state index in [0.717, 1.165) is 13.1 Å². The number of likely N-dealkylation sites (tertiary alicyclic amines) is 1. The second-order valence-corrected chi connectivity index (χ2v) is 4.79. The molecule has 1 saturated heterocycles. The number of carbonyl (C=O) groups excluding carboxylic acids is 1. The number of hydrogen-bond donors (Lipinski definition) is 1. The Bertz CT molecular complexity index is 479. The van der Waals surface area contributed by atoms with Gasteiger partial charge in [0.2, 0.25) is 0 Å². The van der Waals surface area contributed by atoms with E-state index in [2.05, 4.69) is 21.4 Å². The molecular weight excluding hydrogens is 230 g/mol. The zero-order valence-electron chi connectivity index (χ0n) is 10.7. The first-order valence-corrected chi connectivity index (χ1v) is 5.97. The topological polar surface area (TPSA) is 74.0 Å². The molecule has 6 nitrogen and oxygen atoms in total. The molecule has 0 radical (unpaired) electrons. The van der Waals surface area contributed by atoms with E-state index in [1.807, 2.05) is 7.05 Å². The van der Waals surface area contributed by atoms with Crippen LogP contribution in [0.2, 0.25) is 0 Å². The quantitative estimate of drug-likeness (QED) is 0.806. The summed E-state index contributed by atoms with van der Waals surface area (Å²) in [4.78, 5) is 14.3. The van der Waals surface area contributed by atoms with E-state index in [4.69, 9.17) is 0 Å². The van der Waals surface area contributed by atoms with Crippen molar-refractivity contribution >= 4 is 5.91 Å². The van der Waals surface area contributed by atoms with Crippen LogP contribution in [0.1, 0.15) is 23.3 Å². The number of amides is 1. The summed E-state index contributed by atoms with van der Waals surface area (Å²) in [6.45, 7) is 1.64. The number of nitrogens with one attached hydrogen (secondary N) is 1. The standard InChI is InChI=1S/C12H17N5O/c1-16-7-4-12(9-13,5-8-16)15-11(18)10-3-6-14-17(10)2/h3,6H,4-5,7-8H2,1-2H3,(H,15,18). The number of carbonyl (C=O) groups is 1. The summed E-state index contributed by atoms with van der Waals surface area (Å²) in [5.74, 6) is -0.235. The molecule has 1 aliphatic rings. The normalized spacial score (nSPS) is 19.2. The number of piperidine rings is 1. The Morgan fingerprint density at radius 3 is 2.67 bits per heavy atom. The third kappa shape index (κ3) is 2.36. The first kappa shape index (κ1) is 12.6. The molecule has 0 atom stereocenters. The fraction of sp³-hybridized carbons (Fsp3) is 0.583. The first-order valence-electron chi connectivity index (χ1n) is 5.97. The van der Waals surface area contributed by atoms with Crippen LogP contribution in [0, 0.1) is 11.3 Å². The molecule has 1 aromatic heterocycles. The summed E-state index contributed by atoms with van der Waals surface area (Å²) in [6.07, 6.45) is 2.88. The summed E-state index contributed by atoms with van der Waals surface area (Å²) in [6, 6.07) is 3.91. The van der Waals surface area contributed by atoms with Gasteiger partial charge in [-0.05, 0) is 26.0 Å². The Hall–Kier alpha value is -1.87. The van der Waals surface area contributed by atoms with Gasteiger partial charge in [0.25, 0.3) is 5.91 Å². The third-order valence-electron chi connectivity index (χ3n) is 3.46. The maximum absolute atomic E-state index is 12.1. The van der Waals surface area contributed by atoms with Gasteiger partial charge >= 0.3 is 0 Å². The number of nitrogens with zero attached hydrogens (tertiary/aromatic N) is 4. The number of rotatable bonds is 2. The lowest BCUT2D eigenvalue weighted by Crippen LogP contribution is -2.54. The Morgan fingerprint density at radius 1 is 1.50 bits per heavy atom. The molecule has 0 saturated carbocycles. The second-order valence-electron chi connectivity index (χ2n) is 4.79. The molecule has 1 N–H and O–H groups in total. The molecule has 2 rings (SSSR count). The smallest absolute Gasteiger partial charge is 0.270 e. The summed E-state index contributed by atoms with van der Waals surface area (Å²) in [5.41, 5.74) is -0.267. The van der Waals surface area contributed by atoms with Crippen molar-refractivity contribution in [2.45, 2.75) is 18.4 Å². The van der Waals surface area contributed by atoms with Crippen LogP contribution in [0.25, 0.3) is 0 Å². The minimum atomic E-state index is -0.742. The number of aromatic nitrogens is 2. The van der Waals surface area contributed by atoms with Crippen LogP contribution >= 0.6 is 0 Å². The van der Waals surface area contributed by atoms with Gasteiger partial charge in [-0.15, -0.1) is 0 Å².